The summed E-state index contributed by atoms with van der Waals surface area (Å²) < 4.78 is 0. The van der Waals surface area contributed by atoms with E-state index in [9.17, 15) is 5.11 Å². The molecule has 0 bridgehead atoms. The minimum absolute atomic E-state index is 0.446. The van der Waals surface area contributed by atoms with Gasteiger partial charge < -0.3 is 10.4 Å². The van der Waals surface area contributed by atoms with Crippen LogP contribution in [0.25, 0.3) is 0 Å². The van der Waals surface area contributed by atoms with Crippen molar-refractivity contribution < 1.29 is 5.11 Å². The second-order valence-corrected chi connectivity index (χ2v) is 6.78. The number of nitrogens with zero attached hydrogens (tertiary/aromatic N) is 1. The largest absolute Gasteiger partial charge is 0.507 e. The van der Waals surface area contributed by atoms with Gasteiger partial charge >= 0.3 is 0 Å². The van der Waals surface area contributed by atoms with Crippen LogP contribution in [-0.4, -0.2) is 36.2 Å². The molecule has 0 saturated carbocycles. The summed E-state index contributed by atoms with van der Waals surface area (Å²) in [6.07, 6.45) is 2.44. The molecule has 1 aliphatic heterocycles. The van der Waals surface area contributed by atoms with E-state index in [1.54, 1.807) is 0 Å². The molecule has 0 radical (unpaired) electrons. The van der Waals surface area contributed by atoms with E-state index < -0.39 is 0 Å². The molecule has 2 rings (SSSR count). The molecule has 0 spiro atoms. The summed E-state index contributed by atoms with van der Waals surface area (Å²) in [5, 5.41) is 13.5. The number of phenols is 1. The molecule has 21 heavy (non-hydrogen) atoms. The Bertz CT molecular complexity index is 441. The summed E-state index contributed by atoms with van der Waals surface area (Å²) in [5.74, 6) is 1.18. The molecule has 1 aromatic carbocycles. The van der Waals surface area contributed by atoms with Crippen LogP contribution < -0.4 is 5.32 Å². The van der Waals surface area contributed by atoms with Crippen molar-refractivity contribution in [3.63, 3.8) is 0 Å². The van der Waals surface area contributed by atoms with E-state index in [0.29, 0.717) is 11.8 Å². The van der Waals surface area contributed by atoms with Crippen molar-refractivity contribution in [2.75, 3.05) is 26.2 Å². The third-order valence-corrected chi connectivity index (χ3v) is 4.51. The Morgan fingerprint density at radius 3 is 2.19 bits per heavy atom. The number of piperazine rings is 1. The molecule has 3 nitrogen and oxygen atoms in total. The first-order chi connectivity index (χ1) is 9.99. The fourth-order valence-corrected chi connectivity index (χ4v) is 3.23. The number of nitrogens with one attached hydrogen (secondary N) is 1. The number of hydrogen-bond donors (Lipinski definition) is 2. The zero-order valence-electron chi connectivity index (χ0n) is 13.9. The summed E-state index contributed by atoms with van der Waals surface area (Å²) in [5.41, 5.74) is 3.36. The molecule has 1 aliphatic rings. The highest BCUT2D eigenvalue weighted by molar-refractivity contribution is 5.43. The zero-order valence-corrected chi connectivity index (χ0v) is 13.9. The van der Waals surface area contributed by atoms with Crippen molar-refractivity contribution in [3.05, 3.63) is 28.8 Å². The van der Waals surface area contributed by atoms with Crippen molar-refractivity contribution in [1.29, 1.82) is 0 Å². The Hall–Kier alpha value is -1.06. The maximum Gasteiger partial charge on any atom is 0.121 e. The number of phenolic OH excluding ortho intramolecular Hbond substituents is 1. The molecule has 0 aliphatic carbocycles. The second-order valence-electron chi connectivity index (χ2n) is 6.78. The van der Waals surface area contributed by atoms with E-state index in [1.165, 1.54) is 18.4 Å². The lowest BCUT2D eigenvalue weighted by Crippen LogP contribution is -2.45. The van der Waals surface area contributed by atoms with Crippen LogP contribution in [0.3, 0.4) is 0 Å². The first-order valence-electron chi connectivity index (χ1n) is 8.24. The predicted octanol–water partition coefficient (Wildman–Crippen LogP) is 3.39. The van der Waals surface area contributed by atoms with Crippen LogP contribution >= 0.6 is 0 Å². The maximum absolute atomic E-state index is 10.0. The fraction of sp³-hybridized carbons (Fsp3) is 0.667. The average Bonchev–Trinajstić information content (AvgIpc) is 2.45. The zero-order chi connectivity index (χ0) is 15.4. The van der Waals surface area contributed by atoms with Gasteiger partial charge in [0.15, 0.2) is 0 Å². The molecule has 0 aromatic heterocycles. The Morgan fingerprint density at radius 1 is 1.10 bits per heavy atom. The van der Waals surface area contributed by atoms with Gasteiger partial charge in [-0.15, -0.1) is 0 Å². The summed E-state index contributed by atoms with van der Waals surface area (Å²) >= 11 is 0. The Kier molecular flexibility index (Phi) is 5.65. The van der Waals surface area contributed by atoms with Gasteiger partial charge in [0.2, 0.25) is 0 Å². The number of aryl methyl sites for hydroxylation is 2. The summed E-state index contributed by atoms with van der Waals surface area (Å²) in [6, 6.07) is 4.83. The van der Waals surface area contributed by atoms with Crippen molar-refractivity contribution in [2.24, 2.45) is 5.92 Å². The maximum atomic E-state index is 10.0. The SMILES string of the molecule is Cc1cc([C@H](CCC(C)C)N2CCNCC2)cc(C)c1O. The van der Waals surface area contributed by atoms with Gasteiger partial charge in [0.25, 0.3) is 0 Å². The first kappa shape index (κ1) is 16.3. The van der Waals surface area contributed by atoms with Crippen LogP contribution in [-0.2, 0) is 0 Å². The lowest BCUT2D eigenvalue weighted by atomic mass is 9.93. The highest BCUT2D eigenvalue weighted by Gasteiger charge is 2.23. The Balaban J connectivity index is 2.24. The van der Waals surface area contributed by atoms with E-state index >= 15 is 0 Å². The highest BCUT2D eigenvalue weighted by atomic mass is 16.3. The van der Waals surface area contributed by atoms with E-state index in [0.717, 1.165) is 43.2 Å². The van der Waals surface area contributed by atoms with Gasteiger partial charge in [-0.2, -0.15) is 0 Å². The van der Waals surface area contributed by atoms with Crippen molar-refractivity contribution in [2.45, 2.75) is 46.6 Å². The molecule has 1 atom stereocenters. The van der Waals surface area contributed by atoms with Crippen LogP contribution in [0.1, 0.15) is 49.4 Å². The van der Waals surface area contributed by atoms with Crippen LogP contribution in [0, 0.1) is 19.8 Å². The molecule has 1 fully saturated rings. The number of rotatable bonds is 5. The molecule has 118 valence electrons. The second kappa shape index (κ2) is 7.28. The van der Waals surface area contributed by atoms with Gasteiger partial charge in [-0.25, -0.2) is 0 Å². The molecule has 1 heterocycles. The van der Waals surface area contributed by atoms with Crippen molar-refractivity contribution in [3.8, 4) is 5.75 Å². The van der Waals surface area contributed by atoms with E-state index in [-0.39, 0.29) is 0 Å². The van der Waals surface area contributed by atoms with Crippen LogP contribution in [0.4, 0.5) is 0 Å². The standard InChI is InChI=1S/C18H30N2O/c1-13(2)5-6-17(20-9-7-19-8-10-20)16-11-14(3)18(21)15(4)12-16/h11-13,17,19,21H,5-10H2,1-4H3/t17-/m0/s1. The number of benzene rings is 1. The van der Waals surface area contributed by atoms with Gasteiger partial charge in [-0.3, -0.25) is 4.90 Å². The third kappa shape index (κ3) is 4.21. The highest BCUT2D eigenvalue weighted by Crippen LogP contribution is 2.32. The lowest BCUT2D eigenvalue weighted by molar-refractivity contribution is 0.159. The molecule has 2 N–H and O–H groups in total. The predicted molar refractivity (Wildman–Crippen MR) is 88.8 cm³/mol. The average molecular weight is 290 g/mol. The van der Waals surface area contributed by atoms with Gasteiger partial charge in [0, 0.05) is 32.2 Å². The van der Waals surface area contributed by atoms with Gasteiger partial charge in [0.1, 0.15) is 5.75 Å². The smallest absolute Gasteiger partial charge is 0.121 e. The fourth-order valence-electron chi connectivity index (χ4n) is 3.23. The van der Waals surface area contributed by atoms with Crippen molar-refractivity contribution >= 4 is 0 Å². The molecular formula is C18H30N2O. The molecule has 1 saturated heterocycles. The minimum Gasteiger partial charge on any atom is -0.507 e. The van der Waals surface area contributed by atoms with Crippen molar-refractivity contribution in [1.82, 2.24) is 10.2 Å². The summed E-state index contributed by atoms with van der Waals surface area (Å²) in [7, 11) is 0. The molecular weight excluding hydrogens is 260 g/mol. The minimum atomic E-state index is 0.446. The normalized spacial score (nSPS) is 18.1. The Morgan fingerprint density at radius 2 is 1.67 bits per heavy atom. The summed E-state index contributed by atoms with van der Waals surface area (Å²) in [4.78, 5) is 2.60. The van der Waals surface area contributed by atoms with Gasteiger partial charge in [-0.1, -0.05) is 26.0 Å². The van der Waals surface area contributed by atoms with Gasteiger partial charge in [0.05, 0.1) is 0 Å². The van der Waals surface area contributed by atoms with Crippen LogP contribution in [0.15, 0.2) is 12.1 Å². The number of hydrogen-bond acceptors (Lipinski definition) is 3. The van der Waals surface area contributed by atoms with E-state index in [2.05, 4.69) is 36.2 Å². The van der Waals surface area contributed by atoms with E-state index in [4.69, 9.17) is 0 Å². The molecule has 3 heteroatoms. The van der Waals surface area contributed by atoms with E-state index in [1.807, 2.05) is 13.8 Å². The van der Waals surface area contributed by atoms with Gasteiger partial charge in [-0.05, 0) is 49.3 Å². The van der Waals surface area contributed by atoms with Crippen LogP contribution in [0.2, 0.25) is 0 Å². The van der Waals surface area contributed by atoms with Crippen LogP contribution in [0.5, 0.6) is 5.75 Å². The Labute approximate surface area is 129 Å². The number of aromatic hydroxyl groups is 1. The summed E-state index contributed by atoms with van der Waals surface area (Å²) in [6.45, 7) is 13.0. The monoisotopic (exact) mass is 290 g/mol. The quantitative estimate of drug-likeness (QED) is 0.872. The molecule has 1 aromatic rings. The first-order valence-corrected chi connectivity index (χ1v) is 8.24. The molecule has 0 amide bonds. The molecule has 0 unspecified atom stereocenters. The topological polar surface area (TPSA) is 35.5 Å². The third-order valence-electron chi connectivity index (χ3n) is 4.51. The lowest BCUT2D eigenvalue weighted by Gasteiger charge is -2.36.